The van der Waals surface area contributed by atoms with Gasteiger partial charge in [0, 0.05) is 23.7 Å². The van der Waals surface area contributed by atoms with Gasteiger partial charge >= 0.3 is 0 Å². The Balaban J connectivity index is 1.63. The zero-order valence-corrected chi connectivity index (χ0v) is 16.5. The molecule has 1 unspecified atom stereocenters. The molecule has 1 aromatic heterocycles. The van der Waals surface area contributed by atoms with E-state index in [4.69, 9.17) is 25.5 Å². The van der Waals surface area contributed by atoms with Gasteiger partial charge in [0.15, 0.2) is 0 Å². The number of halogens is 1. The lowest BCUT2D eigenvalue weighted by Gasteiger charge is -2.25. The lowest BCUT2D eigenvalue weighted by atomic mass is 10.1. The minimum absolute atomic E-state index is 0.183. The van der Waals surface area contributed by atoms with Crippen LogP contribution in [0.1, 0.15) is 11.3 Å². The molecular formula is C22H24ClNO4. The van der Waals surface area contributed by atoms with Gasteiger partial charge in [0.25, 0.3) is 0 Å². The molecule has 0 aliphatic carbocycles. The van der Waals surface area contributed by atoms with E-state index >= 15 is 0 Å². The maximum absolute atomic E-state index is 10.5. The number of hydrogen-bond acceptors (Lipinski definition) is 5. The number of methoxy groups -OCH3 is 1. The number of ether oxygens (including phenoxy) is 2. The molecule has 0 spiro atoms. The summed E-state index contributed by atoms with van der Waals surface area (Å²) in [5.41, 5.74) is 1.04. The molecule has 28 heavy (non-hydrogen) atoms. The van der Waals surface area contributed by atoms with Crippen molar-refractivity contribution in [2.75, 3.05) is 20.3 Å². The summed E-state index contributed by atoms with van der Waals surface area (Å²) in [6, 6.07) is 18.7. The molecule has 0 aliphatic rings. The van der Waals surface area contributed by atoms with E-state index in [1.165, 1.54) is 0 Å². The molecule has 2 aromatic carbocycles. The van der Waals surface area contributed by atoms with Gasteiger partial charge in [0.2, 0.25) is 0 Å². The molecule has 1 N–H and O–H groups in total. The Kier molecular flexibility index (Phi) is 7.37. The van der Waals surface area contributed by atoms with Crippen molar-refractivity contribution >= 4 is 11.6 Å². The first-order chi connectivity index (χ1) is 13.6. The Hall–Kier alpha value is -2.47. The maximum Gasteiger partial charge on any atom is 0.123 e. The standard InChI is InChI=1S/C22H24ClNO4/c1-26-22-7-3-2-5-17(22)13-24(15-21-6-4-12-27-21)14-19(25)16-28-20-10-8-18(23)9-11-20/h2-12,19,25H,13-16H2,1H3. The third kappa shape index (κ3) is 6.02. The lowest BCUT2D eigenvalue weighted by Crippen LogP contribution is -2.35. The highest BCUT2D eigenvalue weighted by atomic mass is 35.5. The van der Waals surface area contributed by atoms with E-state index in [2.05, 4.69) is 4.90 Å². The summed E-state index contributed by atoms with van der Waals surface area (Å²) in [5.74, 6) is 2.32. The summed E-state index contributed by atoms with van der Waals surface area (Å²) in [6.07, 6.45) is 0.983. The molecule has 0 aliphatic heterocycles. The largest absolute Gasteiger partial charge is 0.496 e. The van der Waals surface area contributed by atoms with Gasteiger partial charge in [-0.3, -0.25) is 4.90 Å². The highest BCUT2D eigenvalue weighted by Gasteiger charge is 2.16. The Morgan fingerprint density at radius 1 is 1.04 bits per heavy atom. The van der Waals surface area contributed by atoms with Crippen molar-refractivity contribution in [2.24, 2.45) is 0 Å². The van der Waals surface area contributed by atoms with E-state index in [-0.39, 0.29) is 6.61 Å². The van der Waals surface area contributed by atoms with Crippen LogP contribution in [0.2, 0.25) is 5.02 Å². The van der Waals surface area contributed by atoms with Gasteiger partial charge in [-0.1, -0.05) is 29.8 Å². The molecule has 1 atom stereocenters. The van der Waals surface area contributed by atoms with E-state index in [1.807, 2.05) is 36.4 Å². The molecule has 5 nitrogen and oxygen atoms in total. The van der Waals surface area contributed by atoms with E-state index in [9.17, 15) is 5.11 Å². The van der Waals surface area contributed by atoms with Gasteiger partial charge in [0.1, 0.15) is 30.0 Å². The number of furan rings is 1. The van der Waals surface area contributed by atoms with Crippen molar-refractivity contribution in [3.8, 4) is 11.5 Å². The zero-order valence-electron chi connectivity index (χ0n) is 15.8. The third-order valence-electron chi connectivity index (χ3n) is 4.27. The first kappa shape index (κ1) is 20.3. The molecular weight excluding hydrogens is 378 g/mol. The van der Waals surface area contributed by atoms with E-state index in [0.717, 1.165) is 17.1 Å². The van der Waals surface area contributed by atoms with Crippen molar-refractivity contribution in [1.82, 2.24) is 4.90 Å². The lowest BCUT2D eigenvalue weighted by molar-refractivity contribution is 0.0602. The number of aliphatic hydroxyl groups is 1. The second-order valence-corrected chi connectivity index (χ2v) is 6.92. The third-order valence-corrected chi connectivity index (χ3v) is 4.52. The van der Waals surface area contributed by atoms with Gasteiger partial charge in [-0.25, -0.2) is 0 Å². The molecule has 1 heterocycles. The van der Waals surface area contributed by atoms with Gasteiger partial charge in [0.05, 0.1) is 19.9 Å². The number of aliphatic hydroxyl groups excluding tert-OH is 1. The predicted molar refractivity (Wildman–Crippen MR) is 109 cm³/mol. The predicted octanol–water partition coefficient (Wildman–Crippen LogP) is 4.38. The van der Waals surface area contributed by atoms with Crippen molar-refractivity contribution in [1.29, 1.82) is 0 Å². The summed E-state index contributed by atoms with van der Waals surface area (Å²) in [6.45, 7) is 1.79. The first-order valence-electron chi connectivity index (χ1n) is 9.07. The average Bonchev–Trinajstić information content (AvgIpc) is 3.21. The van der Waals surface area contributed by atoms with Crippen molar-refractivity contribution in [3.63, 3.8) is 0 Å². The Morgan fingerprint density at radius 2 is 1.82 bits per heavy atom. The summed E-state index contributed by atoms with van der Waals surface area (Å²) in [4.78, 5) is 2.10. The van der Waals surface area contributed by atoms with Crippen molar-refractivity contribution < 1.29 is 19.0 Å². The monoisotopic (exact) mass is 401 g/mol. The highest BCUT2D eigenvalue weighted by Crippen LogP contribution is 2.21. The fourth-order valence-electron chi connectivity index (χ4n) is 2.96. The Labute approximate surface area is 170 Å². The number of rotatable bonds is 10. The summed E-state index contributed by atoms with van der Waals surface area (Å²) < 4.78 is 16.6. The van der Waals surface area contributed by atoms with Gasteiger partial charge in [-0.15, -0.1) is 0 Å². The molecule has 0 fully saturated rings. The second kappa shape index (κ2) is 10.2. The molecule has 3 aromatic rings. The quantitative estimate of drug-likeness (QED) is 0.546. The Bertz CT molecular complexity index is 836. The molecule has 0 saturated heterocycles. The number of benzene rings is 2. The molecule has 0 amide bonds. The average molecular weight is 402 g/mol. The minimum Gasteiger partial charge on any atom is -0.496 e. The number of para-hydroxylation sites is 1. The Morgan fingerprint density at radius 3 is 2.54 bits per heavy atom. The number of nitrogens with zero attached hydrogens (tertiary/aromatic N) is 1. The zero-order chi connectivity index (χ0) is 19.8. The van der Waals surface area contributed by atoms with E-state index < -0.39 is 6.10 Å². The first-order valence-corrected chi connectivity index (χ1v) is 9.45. The molecule has 148 valence electrons. The van der Waals surface area contributed by atoms with Crippen LogP contribution in [0.25, 0.3) is 0 Å². The van der Waals surface area contributed by atoms with Crippen molar-refractivity contribution in [2.45, 2.75) is 19.2 Å². The van der Waals surface area contributed by atoms with Crippen molar-refractivity contribution in [3.05, 3.63) is 83.3 Å². The van der Waals surface area contributed by atoms with Gasteiger partial charge in [-0.05, 0) is 42.5 Å². The smallest absolute Gasteiger partial charge is 0.123 e. The highest BCUT2D eigenvalue weighted by molar-refractivity contribution is 6.30. The molecule has 0 radical (unpaired) electrons. The van der Waals surface area contributed by atoms with Crippen LogP contribution < -0.4 is 9.47 Å². The van der Waals surface area contributed by atoms with Crippen LogP contribution in [0.3, 0.4) is 0 Å². The summed E-state index contributed by atoms with van der Waals surface area (Å²) >= 11 is 5.88. The van der Waals surface area contributed by atoms with Crippen LogP contribution in [0.4, 0.5) is 0 Å². The van der Waals surface area contributed by atoms with Crippen LogP contribution in [-0.2, 0) is 13.1 Å². The second-order valence-electron chi connectivity index (χ2n) is 6.48. The minimum atomic E-state index is -0.666. The van der Waals surface area contributed by atoms with Crippen LogP contribution in [-0.4, -0.2) is 36.4 Å². The van der Waals surface area contributed by atoms with E-state index in [1.54, 1.807) is 37.6 Å². The molecule has 3 rings (SSSR count). The summed E-state index contributed by atoms with van der Waals surface area (Å²) in [7, 11) is 1.66. The maximum atomic E-state index is 10.5. The molecule has 6 heteroatoms. The SMILES string of the molecule is COc1ccccc1CN(Cc1ccco1)CC(O)COc1ccc(Cl)cc1. The van der Waals surface area contributed by atoms with E-state index in [0.29, 0.717) is 30.4 Å². The molecule has 0 saturated carbocycles. The number of hydrogen-bond donors (Lipinski definition) is 1. The van der Waals surface area contributed by atoms with Crippen LogP contribution >= 0.6 is 11.6 Å². The fourth-order valence-corrected chi connectivity index (χ4v) is 3.08. The van der Waals surface area contributed by atoms with Crippen LogP contribution in [0.5, 0.6) is 11.5 Å². The van der Waals surface area contributed by atoms with Crippen LogP contribution in [0.15, 0.2) is 71.3 Å². The normalized spacial score (nSPS) is 12.1. The van der Waals surface area contributed by atoms with Gasteiger partial charge < -0.3 is 19.0 Å². The summed E-state index contributed by atoms with van der Waals surface area (Å²) in [5, 5.41) is 11.2. The fraction of sp³-hybridized carbons (Fsp3) is 0.273. The topological polar surface area (TPSA) is 55.1 Å². The van der Waals surface area contributed by atoms with Gasteiger partial charge in [-0.2, -0.15) is 0 Å². The van der Waals surface area contributed by atoms with Crippen LogP contribution in [0, 0.1) is 0 Å². The molecule has 0 bridgehead atoms.